The first-order valence-electron chi connectivity index (χ1n) is 6.76. The van der Waals surface area contributed by atoms with Crippen molar-refractivity contribution >= 4 is 23.3 Å². The highest BCUT2D eigenvalue weighted by Gasteiger charge is 2.21. The Labute approximate surface area is 132 Å². The van der Waals surface area contributed by atoms with E-state index in [1.807, 2.05) is 0 Å². The molecule has 0 spiro atoms. The quantitative estimate of drug-likeness (QED) is 0.366. The van der Waals surface area contributed by atoms with Crippen LogP contribution in [-0.2, 0) is 9.59 Å². The number of nitro benzene ring substituents is 1. The van der Waals surface area contributed by atoms with Crippen LogP contribution in [0.3, 0.4) is 0 Å². The molecule has 1 amide bonds. The lowest BCUT2D eigenvalue weighted by Crippen LogP contribution is -2.35. The van der Waals surface area contributed by atoms with Crippen LogP contribution in [0.25, 0.3) is 0 Å². The van der Waals surface area contributed by atoms with Crippen molar-refractivity contribution in [3.8, 4) is 5.75 Å². The summed E-state index contributed by atoms with van der Waals surface area (Å²) in [5.41, 5.74) is 0.231. The van der Waals surface area contributed by atoms with Gasteiger partial charge in [0.05, 0.1) is 4.92 Å². The normalized spacial score (nSPS) is 9.96. The zero-order valence-corrected chi connectivity index (χ0v) is 12.3. The lowest BCUT2D eigenvalue weighted by molar-refractivity contribution is -0.385. The molecule has 0 aliphatic rings. The molecule has 0 fully saturated rings. The minimum Gasteiger partial charge on any atom is -0.418 e. The van der Waals surface area contributed by atoms with Crippen molar-refractivity contribution in [2.24, 2.45) is 0 Å². The maximum atomic E-state index is 12.0. The third-order valence-electron chi connectivity index (χ3n) is 3.02. The van der Waals surface area contributed by atoms with Crippen LogP contribution in [0.2, 0.25) is 0 Å². The van der Waals surface area contributed by atoms with Gasteiger partial charge in [-0.05, 0) is 18.2 Å². The Hall–Kier alpha value is -3.22. The Morgan fingerprint density at radius 2 is 1.70 bits per heavy atom. The van der Waals surface area contributed by atoms with Gasteiger partial charge in [-0.1, -0.05) is 30.3 Å². The van der Waals surface area contributed by atoms with E-state index in [0.717, 1.165) is 0 Å². The van der Waals surface area contributed by atoms with Gasteiger partial charge in [-0.25, -0.2) is 4.79 Å². The molecule has 0 bridgehead atoms. The molecular formula is C16H14N2O5. The molecule has 0 saturated heterocycles. The lowest BCUT2D eigenvalue weighted by atomic mass is 10.3. The van der Waals surface area contributed by atoms with E-state index in [9.17, 15) is 19.7 Å². The maximum absolute atomic E-state index is 12.0. The standard InChI is InChI=1S/C16H14N2O5/c1-12(19)17(13-7-3-2-4-8-13)11-16(20)23-15-10-6-5-9-14(15)18(21)22/h2-10H,11H2,1H3. The predicted octanol–water partition coefficient (Wildman–Crippen LogP) is 2.55. The summed E-state index contributed by atoms with van der Waals surface area (Å²) in [6.45, 7) is 0.983. The minimum atomic E-state index is -0.765. The predicted molar refractivity (Wildman–Crippen MR) is 83.2 cm³/mol. The Bertz CT molecular complexity index is 730. The van der Waals surface area contributed by atoms with Crippen LogP contribution in [0.1, 0.15) is 6.92 Å². The second-order valence-electron chi connectivity index (χ2n) is 4.64. The number of ether oxygens (including phenoxy) is 1. The van der Waals surface area contributed by atoms with Crippen LogP contribution in [0.15, 0.2) is 54.6 Å². The van der Waals surface area contributed by atoms with E-state index >= 15 is 0 Å². The van der Waals surface area contributed by atoms with Crippen LogP contribution in [0, 0.1) is 10.1 Å². The van der Waals surface area contributed by atoms with Crippen molar-refractivity contribution in [3.63, 3.8) is 0 Å². The van der Waals surface area contributed by atoms with Crippen molar-refractivity contribution in [1.82, 2.24) is 0 Å². The molecule has 0 heterocycles. The molecule has 0 radical (unpaired) electrons. The van der Waals surface area contributed by atoms with Gasteiger partial charge in [0.2, 0.25) is 11.7 Å². The first-order chi connectivity index (χ1) is 11.0. The third-order valence-corrected chi connectivity index (χ3v) is 3.02. The summed E-state index contributed by atoms with van der Waals surface area (Å²) in [7, 11) is 0. The van der Waals surface area contributed by atoms with E-state index in [4.69, 9.17) is 4.74 Å². The van der Waals surface area contributed by atoms with Crippen molar-refractivity contribution in [2.45, 2.75) is 6.92 Å². The molecule has 118 valence electrons. The zero-order chi connectivity index (χ0) is 16.8. The molecular weight excluding hydrogens is 300 g/mol. The average Bonchev–Trinajstić information content (AvgIpc) is 2.53. The Morgan fingerprint density at radius 1 is 1.09 bits per heavy atom. The number of rotatable bonds is 5. The molecule has 0 unspecified atom stereocenters. The number of nitro groups is 1. The highest BCUT2D eigenvalue weighted by molar-refractivity contribution is 5.96. The second-order valence-corrected chi connectivity index (χ2v) is 4.64. The summed E-state index contributed by atoms with van der Waals surface area (Å²) in [6.07, 6.45) is 0. The summed E-state index contributed by atoms with van der Waals surface area (Å²) in [6, 6.07) is 14.2. The number of benzene rings is 2. The monoisotopic (exact) mass is 314 g/mol. The lowest BCUT2D eigenvalue weighted by Gasteiger charge is -2.19. The number of esters is 1. The fourth-order valence-corrected chi connectivity index (χ4v) is 1.97. The fourth-order valence-electron chi connectivity index (χ4n) is 1.97. The highest BCUT2D eigenvalue weighted by atomic mass is 16.6. The summed E-state index contributed by atoms with van der Waals surface area (Å²) < 4.78 is 5.03. The van der Waals surface area contributed by atoms with E-state index < -0.39 is 10.9 Å². The average molecular weight is 314 g/mol. The van der Waals surface area contributed by atoms with Crippen LogP contribution < -0.4 is 9.64 Å². The van der Waals surface area contributed by atoms with Gasteiger partial charge in [-0.15, -0.1) is 0 Å². The third kappa shape index (κ3) is 4.13. The topological polar surface area (TPSA) is 89.8 Å². The van der Waals surface area contributed by atoms with Gasteiger partial charge >= 0.3 is 11.7 Å². The van der Waals surface area contributed by atoms with Gasteiger partial charge in [0, 0.05) is 18.7 Å². The van der Waals surface area contributed by atoms with Crippen LogP contribution in [0.4, 0.5) is 11.4 Å². The van der Waals surface area contributed by atoms with E-state index in [0.29, 0.717) is 5.69 Å². The first kappa shape index (κ1) is 16.2. The molecule has 0 N–H and O–H groups in total. The molecule has 23 heavy (non-hydrogen) atoms. The highest BCUT2D eigenvalue weighted by Crippen LogP contribution is 2.26. The van der Waals surface area contributed by atoms with Crippen LogP contribution >= 0.6 is 0 Å². The van der Waals surface area contributed by atoms with E-state index in [1.54, 1.807) is 30.3 Å². The SMILES string of the molecule is CC(=O)N(CC(=O)Oc1ccccc1[N+](=O)[O-])c1ccccc1. The number of nitrogens with zero attached hydrogens (tertiary/aromatic N) is 2. The second kappa shape index (κ2) is 7.17. The van der Waals surface area contributed by atoms with Crippen molar-refractivity contribution in [2.75, 3.05) is 11.4 Å². The van der Waals surface area contributed by atoms with Gasteiger partial charge in [-0.2, -0.15) is 0 Å². The molecule has 2 aromatic carbocycles. The number of hydrogen-bond donors (Lipinski definition) is 0. The van der Waals surface area contributed by atoms with Crippen LogP contribution in [0.5, 0.6) is 5.75 Å². The van der Waals surface area contributed by atoms with Crippen molar-refractivity contribution < 1.29 is 19.2 Å². The summed E-state index contributed by atoms with van der Waals surface area (Å²) >= 11 is 0. The van der Waals surface area contributed by atoms with Gasteiger partial charge in [0.25, 0.3) is 0 Å². The van der Waals surface area contributed by atoms with Gasteiger partial charge in [-0.3, -0.25) is 14.9 Å². The number of para-hydroxylation sites is 3. The summed E-state index contributed by atoms with van der Waals surface area (Å²) in [5, 5.41) is 10.9. The maximum Gasteiger partial charge on any atom is 0.331 e. The van der Waals surface area contributed by atoms with Gasteiger partial charge < -0.3 is 9.64 Å². The largest absolute Gasteiger partial charge is 0.418 e. The van der Waals surface area contributed by atoms with E-state index in [2.05, 4.69) is 0 Å². The van der Waals surface area contributed by atoms with Gasteiger partial charge in [0.1, 0.15) is 6.54 Å². The minimum absolute atomic E-state index is 0.154. The number of amides is 1. The van der Waals surface area contributed by atoms with Crippen LogP contribution in [-0.4, -0.2) is 23.3 Å². The number of hydrogen-bond acceptors (Lipinski definition) is 5. The smallest absolute Gasteiger partial charge is 0.331 e. The molecule has 0 aliphatic heterocycles. The molecule has 0 saturated carbocycles. The first-order valence-corrected chi connectivity index (χ1v) is 6.76. The van der Waals surface area contributed by atoms with E-state index in [1.165, 1.54) is 36.1 Å². The van der Waals surface area contributed by atoms with Crippen molar-refractivity contribution in [3.05, 3.63) is 64.7 Å². The Morgan fingerprint density at radius 3 is 2.30 bits per heavy atom. The number of carbonyl (C=O) groups excluding carboxylic acids is 2. The van der Waals surface area contributed by atoms with Gasteiger partial charge in [0.15, 0.2) is 0 Å². The fraction of sp³-hybridized carbons (Fsp3) is 0.125. The van der Waals surface area contributed by atoms with Crippen molar-refractivity contribution in [1.29, 1.82) is 0 Å². The number of anilines is 1. The summed E-state index contributed by atoms with van der Waals surface area (Å²) in [4.78, 5) is 35.3. The molecule has 2 rings (SSSR count). The molecule has 0 aromatic heterocycles. The number of carbonyl (C=O) groups is 2. The van der Waals surface area contributed by atoms with E-state index in [-0.39, 0.29) is 23.9 Å². The Kier molecular flexibility index (Phi) is 5.03. The molecule has 0 atom stereocenters. The Balaban J connectivity index is 2.15. The molecule has 0 aliphatic carbocycles. The molecule has 7 nitrogen and oxygen atoms in total. The molecule has 7 heteroatoms. The molecule has 2 aromatic rings. The zero-order valence-electron chi connectivity index (χ0n) is 12.3. The summed E-state index contributed by atoms with van der Waals surface area (Å²) in [5.74, 6) is -1.26.